The van der Waals surface area contributed by atoms with Crippen LogP contribution in [0.5, 0.6) is 0 Å². The summed E-state index contributed by atoms with van der Waals surface area (Å²) in [6.45, 7) is 5.41. The van der Waals surface area contributed by atoms with Crippen LogP contribution >= 0.6 is 11.6 Å². The molecule has 0 radical (unpaired) electrons. The number of hydrogen-bond donors (Lipinski definition) is 1. The number of aromatic amines is 1. The second-order valence-electron chi connectivity index (χ2n) is 6.80. The molecule has 2 amide bonds. The Morgan fingerprint density at radius 2 is 2.12 bits per heavy atom. The number of fused-ring (bicyclic) bond motifs is 1. The van der Waals surface area contributed by atoms with Crippen LogP contribution in [0.4, 0.5) is 4.79 Å². The summed E-state index contributed by atoms with van der Waals surface area (Å²) in [7, 11) is 0. The molecule has 0 spiro atoms. The van der Waals surface area contributed by atoms with Crippen LogP contribution in [0.3, 0.4) is 0 Å². The summed E-state index contributed by atoms with van der Waals surface area (Å²) in [4.78, 5) is 29.2. The Labute approximate surface area is 145 Å². The van der Waals surface area contributed by atoms with Crippen LogP contribution in [0.25, 0.3) is 10.9 Å². The zero-order valence-electron chi connectivity index (χ0n) is 14.0. The number of hydrogen-bond acceptors (Lipinski definition) is 3. The average Bonchev–Trinajstić information content (AvgIpc) is 2.98. The summed E-state index contributed by atoms with van der Waals surface area (Å²) in [6, 6.07) is 7.59. The first-order chi connectivity index (χ1) is 11.3. The lowest BCUT2D eigenvalue weighted by Gasteiger charge is -2.28. The number of cyclic esters (lactones) is 1. The maximum absolute atomic E-state index is 12.5. The number of halogens is 1. The predicted octanol–water partition coefficient (Wildman–Crippen LogP) is 3.85. The third kappa shape index (κ3) is 3.00. The Bertz CT molecular complexity index is 781. The fraction of sp³-hybridized carbons (Fsp3) is 0.444. The molecule has 1 N–H and O–H groups in total. The first-order valence-corrected chi connectivity index (χ1v) is 8.47. The lowest BCUT2D eigenvalue weighted by molar-refractivity contribution is -0.129. The van der Waals surface area contributed by atoms with Gasteiger partial charge in [-0.1, -0.05) is 18.2 Å². The topological polar surface area (TPSA) is 62.4 Å². The van der Waals surface area contributed by atoms with Gasteiger partial charge in [0.15, 0.2) is 0 Å². The van der Waals surface area contributed by atoms with Gasteiger partial charge in [0.25, 0.3) is 0 Å². The number of imide groups is 1. The number of ether oxygens (including phenoxy) is 1. The standard InChI is InChI=1S/C18H21ClN2O3/c1-11(19)8-16(22)21-15(18(2,3)24-17(21)23)9-12-10-20-14-7-5-4-6-13(12)14/h4-7,10-11,15,20H,8-9H2,1-3H3/t11-,15+/m1/s1. The Morgan fingerprint density at radius 3 is 2.83 bits per heavy atom. The molecule has 5 nitrogen and oxygen atoms in total. The fourth-order valence-corrected chi connectivity index (χ4v) is 3.37. The summed E-state index contributed by atoms with van der Waals surface area (Å²) in [5.41, 5.74) is 1.34. The van der Waals surface area contributed by atoms with Gasteiger partial charge in [-0.15, -0.1) is 11.6 Å². The van der Waals surface area contributed by atoms with Gasteiger partial charge in [-0.2, -0.15) is 0 Å². The second kappa shape index (κ2) is 6.13. The number of alkyl halides is 1. The first kappa shape index (κ1) is 16.8. The highest BCUT2D eigenvalue weighted by molar-refractivity contribution is 6.21. The molecule has 128 valence electrons. The monoisotopic (exact) mass is 348 g/mol. The zero-order valence-corrected chi connectivity index (χ0v) is 14.8. The van der Waals surface area contributed by atoms with Crippen LogP contribution in [0.15, 0.2) is 30.5 Å². The molecule has 1 saturated heterocycles. The van der Waals surface area contributed by atoms with E-state index in [0.29, 0.717) is 6.42 Å². The van der Waals surface area contributed by atoms with E-state index in [-0.39, 0.29) is 23.7 Å². The van der Waals surface area contributed by atoms with Crippen LogP contribution in [0.1, 0.15) is 32.8 Å². The zero-order chi connectivity index (χ0) is 17.5. The maximum atomic E-state index is 12.5. The van der Waals surface area contributed by atoms with Crippen molar-refractivity contribution >= 4 is 34.5 Å². The highest BCUT2D eigenvalue weighted by atomic mass is 35.5. The molecule has 6 heteroatoms. The molecule has 2 aromatic rings. The maximum Gasteiger partial charge on any atom is 0.417 e. The smallest absolute Gasteiger partial charge is 0.417 e. The Kier molecular flexibility index (Phi) is 4.30. The van der Waals surface area contributed by atoms with E-state index in [1.807, 2.05) is 44.3 Å². The van der Waals surface area contributed by atoms with Gasteiger partial charge in [-0.05, 0) is 38.8 Å². The van der Waals surface area contributed by atoms with E-state index < -0.39 is 11.7 Å². The Balaban J connectivity index is 1.93. The summed E-state index contributed by atoms with van der Waals surface area (Å²) in [5.74, 6) is -0.294. The molecule has 0 saturated carbocycles. The summed E-state index contributed by atoms with van der Waals surface area (Å²) < 4.78 is 5.45. The number of benzene rings is 1. The van der Waals surface area contributed by atoms with Crippen molar-refractivity contribution in [2.45, 2.75) is 50.6 Å². The molecule has 1 aromatic carbocycles. The Hall–Kier alpha value is -2.01. The lowest BCUT2D eigenvalue weighted by Crippen LogP contribution is -2.46. The lowest BCUT2D eigenvalue weighted by atomic mass is 9.91. The molecule has 2 heterocycles. The van der Waals surface area contributed by atoms with E-state index >= 15 is 0 Å². The highest BCUT2D eigenvalue weighted by Gasteiger charge is 2.50. The van der Waals surface area contributed by atoms with Gasteiger partial charge in [0.1, 0.15) is 5.60 Å². The van der Waals surface area contributed by atoms with Gasteiger partial charge in [-0.25, -0.2) is 9.69 Å². The molecule has 1 aliphatic heterocycles. The number of nitrogens with one attached hydrogen (secondary N) is 1. The van der Waals surface area contributed by atoms with Gasteiger partial charge in [0, 0.05) is 28.9 Å². The molecular weight excluding hydrogens is 328 g/mol. The van der Waals surface area contributed by atoms with Crippen LogP contribution in [0, 0.1) is 0 Å². The van der Waals surface area contributed by atoms with Gasteiger partial charge in [0.05, 0.1) is 6.04 Å². The summed E-state index contributed by atoms with van der Waals surface area (Å²) in [6.07, 6.45) is 1.98. The molecule has 0 bridgehead atoms. The van der Waals surface area contributed by atoms with Gasteiger partial charge in [0.2, 0.25) is 5.91 Å². The predicted molar refractivity (Wildman–Crippen MR) is 93.1 cm³/mol. The number of carbonyl (C=O) groups is 2. The number of carbonyl (C=O) groups excluding carboxylic acids is 2. The van der Waals surface area contributed by atoms with Crippen molar-refractivity contribution in [3.8, 4) is 0 Å². The van der Waals surface area contributed by atoms with E-state index in [1.54, 1.807) is 6.92 Å². The van der Waals surface area contributed by atoms with E-state index in [1.165, 1.54) is 4.90 Å². The van der Waals surface area contributed by atoms with Gasteiger partial charge < -0.3 is 9.72 Å². The molecule has 1 aromatic heterocycles. The number of nitrogens with zero attached hydrogens (tertiary/aromatic N) is 1. The first-order valence-electron chi connectivity index (χ1n) is 8.03. The highest BCUT2D eigenvalue weighted by Crippen LogP contribution is 2.34. The molecule has 1 aliphatic rings. The van der Waals surface area contributed by atoms with Gasteiger partial charge >= 0.3 is 6.09 Å². The molecular formula is C18H21ClN2O3. The molecule has 1 fully saturated rings. The van der Waals surface area contributed by atoms with Crippen LogP contribution in [-0.4, -0.2) is 38.9 Å². The number of para-hydroxylation sites is 1. The number of amides is 2. The van der Waals surface area contributed by atoms with E-state index in [4.69, 9.17) is 16.3 Å². The van der Waals surface area contributed by atoms with E-state index in [2.05, 4.69) is 4.98 Å². The minimum atomic E-state index is -0.749. The van der Waals surface area contributed by atoms with Gasteiger partial charge in [-0.3, -0.25) is 4.79 Å². The SMILES string of the molecule is C[C@@H](Cl)CC(=O)N1C(=O)OC(C)(C)[C@@H]1Cc1c[nH]c2ccccc12. The average molecular weight is 349 g/mol. The third-order valence-electron chi connectivity index (χ3n) is 4.47. The quantitative estimate of drug-likeness (QED) is 0.853. The van der Waals surface area contributed by atoms with Crippen LogP contribution in [0.2, 0.25) is 0 Å². The molecule has 2 atom stereocenters. The minimum absolute atomic E-state index is 0.108. The minimum Gasteiger partial charge on any atom is -0.441 e. The number of H-pyrrole nitrogens is 1. The van der Waals surface area contributed by atoms with Crippen molar-refractivity contribution in [2.75, 3.05) is 0 Å². The Morgan fingerprint density at radius 1 is 1.42 bits per heavy atom. The van der Waals surface area contributed by atoms with Crippen molar-refractivity contribution in [1.29, 1.82) is 0 Å². The van der Waals surface area contributed by atoms with Crippen molar-refractivity contribution in [3.63, 3.8) is 0 Å². The fourth-order valence-electron chi connectivity index (χ4n) is 3.24. The molecule has 0 aliphatic carbocycles. The normalized spacial score (nSPS) is 21.1. The second-order valence-corrected chi connectivity index (χ2v) is 7.54. The van der Waals surface area contributed by atoms with E-state index in [9.17, 15) is 9.59 Å². The third-order valence-corrected chi connectivity index (χ3v) is 4.63. The van der Waals surface area contributed by atoms with Crippen LogP contribution in [-0.2, 0) is 16.0 Å². The van der Waals surface area contributed by atoms with Crippen molar-refractivity contribution in [3.05, 3.63) is 36.0 Å². The molecule has 24 heavy (non-hydrogen) atoms. The number of rotatable bonds is 4. The molecule has 3 rings (SSSR count). The van der Waals surface area contributed by atoms with E-state index in [0.717, 1.165) is 16.5 Å². The summed E-state index contributed by atoms with van der Waals surface area (Å²) in [5, 5.41) is 0.758. The van der Waals surface area contributed by atoms with Crippen LogP contribution < -0.4 is 0 Å². The van der Waals surface area contributed by atoms with Crippen molar-refractivity contribution < 1.29 is 14.3 Å². The number of aromatic nitrogens is 1. The largest absolute Gasteiger partial charge is 0.441 e. The van der Waals surface area contributed by atoms with Crippen molar-refractivity contribution in [1.82, 2.24) is 9.88 Å². The van der Waals surface area contributed by atoms with Crippen molar-refractivity contribution in [2.24, 2.45) is 0 Å². The summed E-state index contributed by atoms with van der Waals surface area (Å²) >= 11 is 5.93. The molecule has 0 unspecified atom stereocenters.